The van der Waals surface area contributed by atoms with E-state index in [1.54, 1.807) is 41.5 Å². The molecule has 0 aromatic rings. The second-order valence-corrected chi connectivity index (χ2v) is 10.9. The molecule has 0 aliphatic carbocycles. The Hall–Kier alpha value is -3.59. The van der Waals surface area contributed by atoms with Crippen molar-refractivity contribution in [2.75, 3.05) is 19.8 Å². The minimum absolute atomic E-state index is 0.308. The summed E-state index contributed by atoms with van der Waals surface area (Å²) in [5.74, 6) is -8.61. The van der Waals surface area contributed by atoms with Crippen molar-refractivity contribution in [1.29, 1.82) is 0 Å². The molecule has 38 heavy (non-hydrogen) atoms. The smallest absolute Gasteiger partial charge is 0.353 e. The number of likely N-dealkylation sites (tertiary alicyclic amines) is 1. The summed E-state index contributed by atoms with van der Waals surface area (Å²) in [5, 5.41) is 32.9. The molecule has 1 rings (SSSR count). The van der Waals surface area contributed by atoms with E-state index in [2.05, 4.69) is 5.32 Å². The van der Waals surface area contributed by atoms with Gasteiger partial charge in [0.05, 0.1) is 6.54 Å². The number of nitrogens with one attached hydrogen (secondary N) is 2. The summed E-state index contributed by atoms with van der Waals surface area (Å²) in [4.78, 5) is 85.6. The third-order valence-corrected chi connectivity index (χ3v) is 5.46. The molecule has 0 aromatic carbocycles. The fraction of sp³-hybridized carbons (Fsp3) is 0.696. The lowest BCUT2D eigenvalue weighted by molar-refractivity contribution is -0.170. The number of carboxylic acids is 3. The molecule has 1 aliphatic heterocycles. The Kier molecular flexibility index (Phi) is 10.5. The highest BCUT2D eigenvalue weighted by Gasteiger charge is 2.53. The van der Waals surface area contributed by atoms with Gasteiger partial charge in [0.15, 0.2) is 12.2 Å². The fourth-order valence-corrected chi connectivity index (χ4v) is 3.65. The molecule has 1 fully saturated rings. The molecule has 0 saturated carbocycles. The normalized spacial score (nSPS) is 17.4. The number of aliphatic carboxylic acids is 3. The van der Waals surface area contributed by atoms with Crippen molar-refractivity contribution in [3.05, 3.63) is 0 Å². The minimum Gasteiger partial charge on any atom is -0.479 e. The van der Waals surface area contributed by atoms with Crippen LogP contribution < -0.4 is 10.6 Å². The molecule has 3 atom stereocenters. The van der Waals surface area contributed by atoms with Gasteiger partial charge in [-0.15, -0.1) is 0 Å². The molecule has 3 unspecified atom stereocenters. The summed E-state index contributed by atoms with van der Waals surface area (Å²) >= 11 is 0. The molecule has 0 spiro atoms. The van der Waals surface area contributed by atoms with Crippen molar-refractivity contribution < 1.29 is 58.4 Å². The zero-order chi connectivity index (χ0) is 29.6. The summed E-state index contributed by atoms with van der Waals surface area (Å²) in [7, 11) is 0. The third-order valence-electron chi connectivity index (χ3n) is 5.46. The van der Waals surface area contributed by atoms with Crippen LogP contribution in [0.25, 0.3) is 0 Å². The molecular formula is C23H35N3O12. The van der Waals surface area contributed by atoms with Gasteiger partial charge in [0, 0.05) is 12.8 Å². The van der Waals surface area contributed by atoms with Crippen LogP contribution in [0, 0.1) is 10.8 Å². The number of hydrogen-bond acceptors (Lipinski definition) is 9. The maximum atomic E-state index is 12.7. The quantitative estimate of drug-likeness (QED) is 0.179. The van der Waals surface area contributed by atoms with Gasteiger partial charge in [-0.3, -0.25) is 19.2 Å². The monoisotopic (exact) mass is 545 g/mol. The molecule has 0 radical (unpaired) electrons. The molecule has 0 aromatic heterocycles. The van der Waals surface area contributed by atoms with E-state index in [9.17, 15) is 48.9 Å². The molecule has 1 heterocycles. The van der Waals surface area contributed by atoms with Crippen molar-refractivity contribution in [3.63, 3.8) is 0 Å². The van der Waals surface area contributed by atoms with Crippen molar-refractivity contribution in [2.45, 2.75) is 72.3 Å². The first kappa shape index (κ1) is 32.4. The highest BCUT2D eigenvalue weighted by Crippen LogP contribution is 2.25. The van der Waals surface area contributed by atoms with Crippen LogP contribution in [0.5, 0.6) is 0 Å². The van der Waals surface area contributed by atoms with Crippen molar-refractivity contribution in [2.24, 2.45) is 10.8 Å². The lowest BCUT2D eigenvalue weighted by atomic mass is 9.89. The molecule has 214 valence electrons. The Balaban J connectivity index is 3.15. The van der Waals surface area contributed by atoms with Crippen LogP contribution in [0.3, 0.4) is 0 Å². The second kappa shape index (κ2) is 12.3. The summed E-state index contributed by atoms with van der Waals surface area (Å²) in [6.07, 6.45) is -3.52. The van der Waals surface area contributed by atoms with Gasteiger partial charge >= 0.3 is 17.9 Å². The Morgan fingerprint density at radius 1 is 0.789 bits per heavy atom. The highest BCUT2D eigenvalue weighted by molar-refractivity contribution is 6.07. The average molecular weight is 546 g/mol. The van der Waals surface area contributed by atoms with Crippen molar-refractivity contribution in [3.8, 4) is 0 Å². The van der Waals surface area contributed by atoms with Crippen LogP contribution in [0.1, 0.15) is 54.4 Å². The zero-order valence-corrected chi connectivity index (χ0v) is 22.2. The van der Waals surface area contributed by atoms with Crippen LogP contribution in [-0.2, 0) is 43.0 Å². The van der Waals surface area contributed by atoms with Gasteiger partial charge in [0.1, 0.15) is 13.2 Å². The van der Waals surface area contributed by atoms with Crippen molar-refractivity contribution in [1.82, 2.24) is 15.5 Å². The third kappa shape index (κ3) is 8.21. The molecule has 15 heteroatoms. The van der Waals surface area contributed by atoms with Gasteiger partial charge < -0.3 is 35.4 Å². The first-order valence-electron chi connectivity index (χ1n) is 11.6. The number of carbonyl (C=O) groups excluding carboxylic acids is 4. The molecular weight excluding hydrogens is 510 g/mol. The lowest BCUT2D eigenvalue weighted by Gasteiger charge is -2.37. The van der Waals surface area contributed by atoms with E-state index in [-0.39, 0.29) is 12.8 Å². The fourth-order valence-electron chi connectivity index (χ4n) is 3.65. The van der Waals surface area contributed by atoms with Crippen LogP contribution >= 0.6 is 0 Å². The maximum Gasteiger partial charge on any atom is 0.353 e. The Morgan fingerprint density at radius 3 is 1.53 bits per heavy atom. The zero-order valence-electron chi connectivity index (χ0n) is 22.2. The summed E-state index contributed by atoms with van der Waals surface area (Å²) in [6.45, 7) is 6.57. The largest absolute Gasteiger partial charge is 0.479 e. The first-order chi connectivity index (χ1) is 17.2. The van der Waals surface area contributed by atoms with E-state index < -0.39 is 90.0 Å². The topological polar surface area (TPSA) is 226 Å². The Bertz CT molecular complexity index is 965. The summed E-state index contributed by atoms with van der Waals surface area (Å²) in [5.41, 5.74) is -4.61. The van der Waals surface area contributed by atoms with E-state index in [0.717, 1.165) is 0 Å². The lowest BCUT2D eigenvalue weighted by Crippen LogP contribution is -2.72. The van der Waals surface area contributed by atoms with Gasteiger partial charge in [-0.05, 0) is 10.8 Å². The van der Waals surface area contributed by atoms with E-state index >= 15 is 0 Å². The second-order valence-electron chi connectivity index (χ2n) is 10.9. The molecule has 4 amide bonds. The number of imide groups is 1. The number of nitrogens with zero attached hydrogens (tertiary/aromatic N) is 1. The SMILES string of the molecule is CC(C)(C)C(OCC(=O)NCC(NC(=O)COC(C(=O)O)C(C)(C)C)(C(=O)O)N1C(=O)CCC1=O)C(=O)O. The summed E-state index contributed by atoms with van der Waals surface area (Å²) in [6, 6.07) is 0. The van der Waals surface area contributed by atoms with Crippen LogP contribution in [0.2, 0.25) is 0 Å². The van der Waals surface area contributed by atoms with Gasteiger partial charge in [0.25, 0.3) is 0 Å². The van der Waals surface area contributed by atoms with Crippen molar-refractivity contribution >= 4 is 41.5 Å². The maximum absolute atomic E-state index is 12.7. The number of ether oxygens (including phenoxy) is 2. The Labute approximate surface area is 218 Å². The number of carboxylic acid groups (broad SMARTS) is 3. The molecule has 0 bridgehead atoms. The number of rotatable bonds is 13. The van der Waals surface area contributed by atoms with Crippen LogP contribution in [0.15, 0.2) is 0 Å². The standard InChI is InChI=1S/C23H35N3O12/c1-21(2,3)16(18(31)32)37-9-12(27)24-11-23(20(35)36,26-14(29)7-8-15(26)30)25-13(28)10-38-17(19(33)34)22(4,5)6/h16-17H,7-11H2,1-6H3,(H,24,27)(H,25,28)(H,31,32)(H,33,34)(H,35,36). The first-order valence-corrected chi connectivity index (χ1v) is 11.6. The predicted octanol–water partition coefficient (Wildman–Crippen LogP) is -0.819. The number of carbonyl (C=O) groups is 7. The van der Waals surface area contributed by atoms with Gasteiger partial charge in [-0.25, -0.2) is 19.3 Å². The van der Waals surface area contributed by atoms with Gasteiger partial charge in [-0.2, -0.15) is 0 Å². The molecule has 15 nitrogen and oxygen atoms in total. The van der Waals surface area contributed by atoms with E-state index in [4.69, 9.17) is 9.47 Å². The number of hydrogen-bond donors (Lipinski definition) is 5. The Morgan fingerprint density at radius 2 is 1.18 bits per heavy atom. The molecule has 5 N–H and O–H groups in total. The van der Waals surface area contributed by atoms with Gasteiger partial charge in [0.2, 0.25) is 29.3 Å². The van der Waals surface area contributed by atoms with Crippen LogP contribution in [0.4, 0.5) is 0 Å². The highest BCUT2D eigenvalue weighted by atomic mass is 16.5. The molecule has 1 saturated heterocycles. The summed E-state index contributed by atoms with van der Waals surface area (Å²) < 4.78 is 10.3. The molecule has 1 aliphatic rings. The minimum atomic E-state index is -2.78. The predicted molar refractivity (Wildman–Crippen MR) is 126 cm³/mol. The van der Waals surface area contributed by atoms with Crippen LogP contribution in [-0.4, -0.2) is 99.4 Å². The van der Waals surface area contributed by atoms with E-state index in [1.807, 2.05) is 5.32 Å². The van der Waals surface area contributed by atoms with E-state index in [1.165, 1.54) is 0 Å². The average Bonchev–Trinajstić information content (AvgIpc) is 3.07. The van der Waals surface area contributed by atoms with E-state index in [0.29, 0.717) is 4.90 Å². The number of amides is 4. The van der Waals surface area contributed by atoms with Gasteiger partial charge in [-0.1, -0.05) is 41.5 Å².